The Bertz CT molecular complexity index is 690. The van der Waals surface area contributed by atoms with Crippen molar-refractivity contribution in [3.05, 3.63) is 35.7 Å². The van der Waals surface area contributed by atoms with Gasteiger partial charge in [-0.2, -0.15) is 0 Å². The maximum absolute atomic E-state index is 10.8. The second-order valence-electron chi connectivity index (χ2n) is 6.33. The zero-order chi connectivity index (χ0) is 17.7. The van der Waals surface area contributed by atoms with Gasteiger partial charge in [0, 0.05) is 17.7 Å². The zero-order valence-electron chi connectivity index (χ0n) is 14.4. The molecule has 7 heteroatoms. The van der Waals surface area contributed by atoms with Crippen molar-refractivity contribution in [1.82, 2.24) is 14.8 Å². The van der Waals surface area contributed by atoms with Crippen LogP contribution < -0.4 is 4.74 Å². The molecule has 24 heavy (non-hydrogen) atoms. The number of hydrogen-bond acceptors (Lipinski definition) is 5. The van der Waals surface area contributed by atoms with Gasteiger partial charge in [0.2, 0.25) is 0 Å². The molecule has 0 aliphatic rings. The van der Waals surface area contributed by atoms with E-state index in [2.05, 4.69) is 42.5 Å². The van der Waals surface area contributed by atoms with Crippen LogP contribution in [0.15, 0.2) is 29.4 Å². The normalized spacial score (nSPS) is 11.5. The Kier molecular flexibility index (Phi) is 5.88. The number of rotatable bonds is 7. The molecular formula is C17H23N3O3S. The van der Waals surface area contributed by atoms with Crippen molar-refractivity contribution in [2.75, 3.05) is 12.4 Å². The van der Waals surface area contributed by atoms with Gasteiger partial charge >= 0.3 is 5.97 Å². The first-order valence-corrected chi connectivity index (χ1v) is 8.84. The van der Waals surface area contributed by atoms with Gasteiger partial charge in [0.15, 0.2) is 5.16 Å². The first-order valence-electron chi connectivity index (χ1n) is 7.85. The molecule has 0 spiro atoms. The summed E-state index contributed by atoms with van der Waals surface area (Å²) in [5.74, 6) is 1.44. The van der Waals surface area contributed by atoms with Gasteiger partial charge in [0.25, 0.3) is 0 Å². The molecule has 0 unspecified atom stereocenters. The topological polar surface area (TPSA) is 77.2 Å². The summed E-state index contributed by atoms with van der Waals surface area (Å²) in [7, 11) is 0. The number of carbonyl (C=O) groups is 1. The molecule has 0 bridgehead atoms. The molecule has 1 aromatic heterocycles. The van der Waals surface area contributed by atoms with E-state index >= 15 is 0 Å². The Hall–Kier alpha value is -2.02. The van der Waals surface area contributed by atoms with Gasteiger partial charge in [-0.15, -0.1) is 10.2 Å². The highest BCUT2D eigenvalue weighted by molar-refractivity contribution is 7.99. The Morgan fingerprint density at radius 3 is 2.46 bits per heavy atom. The lowest BCUT2D eigenvalue weighted by atomic mass is 9.96. The van der Waals surface area contributed by atoms with E-state index in [4.69, 9.17) is 9.84 Å². The molecule has 0 fully saturated rings. The molecule has 0 atom stereocenters. The molecule has 6 nitrogen and oxygen atoms in total. The van der Waals surface area contributed by atoms with E-state index < -0.39 is 5.97 Å². The van der Waals surface area contributed by atoms with Crippen molar-refractivity contribution < 1.29 is 14.6 Å². The van der Waals surface area contributed by atoms with Crippen molar-refractivity contribution >= 4 is 17.7 Å². The van der Waals surface area contributed by atoms with Crippen LogP contribution in [0.25, 0.3) is 0 Å². The summed E-state index contributed by atoms with van der Waals surface area (Å²) < 4.78 is 7.77. The van der Waals surface area contributed by atoms with Crippen LogP contribution in [0.1, 0.15) is 43.9 Å². The Balaban J connectivity index is 1.88. The van der Waals surface area contributed by atoms with E-state index in [1.54, 1.807) is 23.9 Å². The molecule has 0 radical (unpaired) electrons. The number of nitrogens with zero attached hydrogens (tertiary/aromatic N) is 3. The van der Waals surface area contributed by atoms with Crippen LogP contribution in [0.5, 0.6) is 5.75 Å². The van der Waals surface area contributed by atoms with Gasteiger partial charge < -0.3 is 14.4 Å². The van der Waals surface area contributed by atoms with Crippen molar-refractivity contribution in [3.8, 4) is 5.75 Å². The molecule has 2 rings (SSSR count). The second-order valence-corrected chi connectivity index (χ2v) is 7.39. The van der Waals surface area contributed by atoms with Crippen LogP contribution in [0, 0.1) is 0 Å². The van der Waals surface area contributed by atoms with E-state index in [9.17, 15) is 4.79 Å². The Morgan fingerprint density at radius 2 is 1.92 bits per heavy atom. The number of aromatic nitrogens is 3. The number of aromatic carboxylic acids is 1. The van der Waals surface area contributed by atoms with Crippen LogP contribution in [-0.4, -0.2) is 38.2 Å². The minimum atomic E-state index is -0.939. The van der Waals surface area contributed by atoms with Crippen molar-refractivity contribution in [3.63, 3.8) is 0 Å². The highest BCUT2D eigenvalue weighted by atomic mass is 32.2. The van der Waals surface area contributed by atoms with Gasteiger partial charge in [-0.1, -0.05) is 32.5 Å². The summed E-state index contributed by atoms with van der Waals surface area (Å²) >= 11 is 1.61. The fraction of sp³-hybridized carbons (Fsp3) is 0.471. The summed E-state index contributed by atoms with van der Waals surface area (Å²) in [4.78, 5) is 10.8. The number of ether oxygens (including phenoxy) is 1. The Labute approximate surface area is 146 Å². The van der Waals surface area contributed by atoms with Crippen LogP contribution in [-0.2, 0) is 12.0 Å². The second kappa shape index (κ2) is 7.70. The third kappa shape index (κ3) is 4.50. The molecule has 130 valence electrons. The van der Waals surface area contributed by atoms with Crippen LogP contribution in [0.3, 0.4) is 0 Å². The first-order chi connectivity index (χ1) is 11.3. The number of carboxylic acids is 1. The van der Waals surface area contributed by atoms with E-state index in [1.165, 1.54) is 12.1 Å². The highest BCUT2D eigenvalue weighted by Gasteiger charge is 2.23. The lowest BCUT2D eigenvalue weighted by Gasteiger charge is -2.18. The van der Waals surface area contributed by atoms with Gasteiger partial charge in [-0.05, 0) is 31.2 Å². The molecule has 0 saturated carbocycles. The third-order valence-electron chi connectivity index (χ3n) is 3.39. The molecule has 0 saturated heterocycles. The fourth-order valence-corrected chi connectivity index (χ4v) is 3.04. The summed E-state index contributed by atoms with van der Waals surface area (Å²) in [5.41, 5.74) is 0.215. The quantitative estimate of drug-likeness (QED) is 0.609. The van der Waals surface area contributed by atoms with Crippen molar-refractivity contribution in [2.24, 2.45) is 0 Å². The standard InChI is InChI=1S/C17H23N3O3S/c1-5-20-15(17(2,3)4)18-19-16(20)24-11-10-23-13-8-6-12(7-9-13)14(21)22/h6-9H,5,10-11H2,1-4H3,(H,21,22). The molecule has 1 heterocycles. The zero-order valence-corrected chi connectivity index (χ0v) is 15.3. The maximum atomic E-state index is 10.8. The average Bonchev–Trinajstić information content (AvgIpc) is 2.95. The summed E-state index contributed by atoms with van der Waals surface area (Å²) in [5, 5.41) is 18.4. The van der Waals surface area contributed by atoms with Gasteiger partial charge in [-0.3, -0.25) is 0 Å². The van der Waals surface area contributed by atoms with Gasteiger partial charge in [-0.25, -0.2) is 4.79 Å². The summed E-state index contributed by atoms with van der Waals surface area (Å²) in [6.07, 6.45) is 0. The molecule has 0 aliphatic heterocycles. The van der Waals surface area contributed by atoms with E-state index in [-0.39, 0.29) is 11.0 Å². The van der Waals surface area contributed by atoms with E-state index in [0.717, 1.165) is 23.3 Å². The molecule has 2 aromatic rings. The van der Waals surface area contributed by atoms with Crippen LogP contribution in [0.2, 0.25) is 0 Å². The Morgan fingerprint density at radius 1 is 1.25 bits per heavy atom. The van der Waals surface area contributed by atoms with E-state index in [1.807, 2.05) is 0 Å². The van der Waals surface area contributed by atoms with Crippen molar-refractivity contribution in [2.45, 2.75) is 44.8 Å². The van der Waals surface area contributed by atoms with Gasteiger partial charge in [0.1, 0.15) is 11.6 Å². The van der Waals surface area contributed by atoms with Crippen LogP contribution in [0.4, 0.5) is 0 Å². The lowest BCUT2D eigenvalue weighted by Crippen LogP contribution is -2.19. The highest BCUT2D eigenvalue weighted by Crippen LogP contribution is 2.25. The molecule has 1 aromatic carbocycles. The lowest BCUT2D eigenvalue weighted by molar-refractivity contribution is 0.0697. The molecule has 1 N–H and O–H groups in total. The molecular weight excluding hydrogens is 326 g/mol. The van der Waals surface area contributed by atoms with Crippen molar-refractivity contribution in [1.29, 1.82) is 0 Å². The minimum Gasteiger partial charge on any atom is -0.493 e. The number of carboxylic acid groups (broad SMARTS) is 1. The number of benzene rings is 1. The molecule has 0 amide bonds. The third-order valence-corrected chi connectivity index (χ3v) is 4.32. The van der Waals surface area contributed by atoms with Crippen LogP contribution >= 0.6 is 11.8 Å². The summed E-state index contributed by atoms with van der Waals surface area (Å²) in [6, 6.07) is 6.41. The SMILES string of the molecule is CCn1c(SCCOc2ccc(C(=O)O)cc2)nnc1C(C)(C)C. The first kappa shape index (κ1) is 18.3. The number of thioether (sulfide) groups is 1. The summed E-state index contributed by atoms with van der Waals surface area (Å²) in [6.45, 7) is 9.81. The maximum Gasteiger partial charge on any atom is 0.335 e. The molecule has 0 aliphatic carbocycles. The predicted octanol–water partition coefficient (Wildman–Crippen LogP) is 3.46. The monoisotopic (exact) mass is 349 g/mol. The fourth-order valence-electron chi connectivity index (χ4n) is 2.22. The number of hydrogen-bond donors (Lipinski definition) is 1. The minimum absolute atomic E-state index is 0.0375. The van der Waals surface area contributed by atoms with Gasteiger partial charge in [0.05, 0.1) is 12.2 Å². The average molecular weight is 349 g/mol. The van der Waals surface area contributed by atoms with E-state index in [0.29, 0.717) is 12.4 Å². The largest absolute Gasteiger partial charge is 0.493 e. The smallest absolute Gasteiger partial charge is 0.335 e. The predicted molar refractivity (Wildman–Crippen MR) is 94.0 cm³/mol.